The van der Waals surface area contributed by atoms with Gasteiger partial charge in [0.25, 0.3) is 0 Å². The number of benzene rings is 1. The predicted octanol–water partition coefficient (Wildman–Crippen LogP) is 1.99. The van der Waals surface area contributed by atoms with Crippen molar-refractivity contribution in [2.45, 2.75) is 50.5 Å². The van der Waals surface area contributed by atoms with Crippen LogP contribution in [0.1, 0.15) is 38.7 Å². The number of aryl methyl sites for hydroxylation is 1. The van der Waals surface area contributed by atoms with Crippen LogP contribution in [0.5, 0.6) is 0 Å². The number of rotatable bonds is 5. The minimum atomic E-state index is -3.55. The lowest BCUT2D eigenvalue weighted by atomic mass is 9.98. The van der Waals surface area contributed by atoms with Crippen molar-refractivity contribution in [1.29, 1.82) is 0 Å². The summed E-state index contributed by atoms with van der Waals surface area (Å²) >= 11 is 0. The van der Waals surface area contributed by atoms with Gasteiger partial charge in [-0.15, -0.1) is 0 Å². The highest BCUT2D eigenvalue weighted by atomic mass is 32.2. The molecule has 1 amide bonds. The number of carbonyl (C=O) groups is 1. The predicted molar refractivity (Wildman–Crippen MR) is 103 cm³/mol. The monoisotopic (exact) mass is 379 g/mol. The first kappa shape index (κ1) is 19.3. The van der Waals surface area contributed by atoms with Crippen molar-refractivity contribution in [3.05, 3.63) is 23.8 Å². The van der Waals surface area contributed by atoms with Crippen molar-refractivity contribution < 1.29 is 13.2 Å². The second-order valence-corrected chi connectivity index (χ2v) is 9.43. The summed E-state index contributed by atoms with van der Waals surface area (Å²) < 4.78 is 28.1. The molecule has 144 valence electrons. The topological polar surface area (TPSA) is 69.7 Å². The normalized spacial score (nSPS) is 20.9. The third kappa shape index (κ3) is 4.10. The molecule has 3 rings (SSSR count). The van der Waals surface area contributed by atoms with E-state index in [1.807, 2.05) is 0 Å². The van der Waals surface area contributed by atoms with Crippen LogP contribution >= 0.6 is 0 Å². The number of amides is 1. The van der Waals surface area contributed by atoms with Crippen LogP contribution in [-0.2, 0) is 21.2 Å². The Morgan fingerprint density at radius 3 is 2.62 bits per heavy atom. The fourth-order valence-corrected chi connectivity index (χ4v) is 4.88. The van der Waals surface area contributed by atoms with E-state index in [4.69, 9.17) is 0 Å². The summed E-state index contributed by atoms with van der Waals surface area (Å²) in [6.07, 6.45) is 3.36. The molecule has 2 heterocycles. The number of sulfonamides is 1. The van der Waals surface area contributed by atoms with Crippen LogP contribution in [-0.4, -0.2) is 51.9 Å². The van der Waals surface area contributed by atoms with E-state index < -0.39 is 10.0 Å². The molecule has 0 radical (unpaired) electrons. The first-order valence-electron chi connectivity index (χ1n) is 9.41. The van der Waals surface area contributed by atoms with Crippen LogP contribution in [0.4, 0.5) is 5.69 Å². The molecule has 1 aromatic carbocycles. The van der Waals surface area contributed by atoms with E-state index in [0.29, 0.717) is 19.4 Å². The third-order valence-corrected chi connectivity index (χ3v) is 7.14. The summed E-state index contributed by atoms with van der Waals surface area (Å²) in [6.45, 7) is 6.82. The average Bonchev–Trinajstić information content (AvgIpc) is 2.63. The zero-order valence-electron chi connectivity index (χ0n) is 15.9. The van der Waals surface area contributed by atoms with Gasteiger partial charge < -0.3 is 4.90 Å². The summed E-state index contributed by atoms with van der Waals surface area (Å²) in [5, 5.41) is 0. The molecule has 1 unspecified atom stereocenters. The molecule has 2 aliphatic rings. The van der Waals surface area contributed by atoms with Gasteiger partial charge in [-0.3, -0.25) is 9.69 Å². The van der Waals surface area contributed by atoms with Gasteiger partial charge in [0.15, 0.2) is 0 Å². The molecule has 1 saturated heterocycles. The van der Waals surface area contributed by atoms with Crippen LogP contribution in [0.3, 0.4) is 0 Å². The van der Waals surface area contributed by atoms with Gasteiger partial charge in [-0.2, -0.15) is 0 Å². The lowest BCUT2D eigenvalue weighted by Gasteiger charge is -2.35. The number of carbonyl (C=O) groups excluding carboxylic acids is 1. The first-order chi connectivity index (χ1) is 12.3. The molecule has 1 atom stereocenters. The molecule has 2 aliphatic heterocycles. The van der Waals surface area contributed by atoms with Crippen molar-refractivity contribution in [3.8, 4) is 0 Å². The lowest BCUT2D eigenvalue weighted by molar-refractivity contribution is -0.118. The lowest BCUT2D eigenvalue weighted by Crippen LogP contribution is -2.45. The maximum Gasteiger partial charge on any atom is 0.240 e. The summed E-state index contributed by atoms with van der Waals surface area (Å²) in [7, 11) is -1.82. The number of likely N-dealkylation sites (tertiary alicyclic amines) is 1. The second kappa shape index (κ2) is 7.66. The molecular weight excluding hydrogens is 350 g/mol. The Morgan fingerprint density at radius 1 is 1.23 bits per heavy atom. The average molecular weight is 380 g/mol. The van der Waals surface area contributed by atoms with Gasteiger partial charge in [-0.05, 0) is 69.0 Å². The van der Waals surface area contributed by atoms with Gasteiger partial charge >= 0.3 is 0 Å². The maximum absolute atomic E-state index is 12.7. The molecule has 0 aliphatic carbocycles. The van der Waals surface area contributed by atoms with Crippen molar-refractivity contribution in [2.24, 2.45) is 5.92 Å². The molecule has 0 bridgehead atoms. The van der Waals surface area contributed by atoms with E-state index in [0.717, 1.165) is 30.3 Å². The standard InChI is InChI=1S/C19H29N3O3S/c1-14-8-10-22(11-9-14)15(2)13-20-26(24,25)17-5-6-18-16(12-17)4-7-19(23)21(18)3/h5-6,12,14-15,20H,4,7-11,13H2,1-3H3. The van der Waals surface area contributed by atoms with Gasteiger partial charge in [0.2, 0.25) is 15.9 Å². The van der Waals surface area contributed by atoms with E-state index in [1.165, 1.54) is 12.8 Å². The largest absolute Gasteiger partial charge is 0.315 e. The Kier molecular flexibility index (Phi) is 5.69. The summed E-state index contributed by atoms with van der Waals surface area (Å²) in [6, 6.07) is 5.20. The van der Waals surface area contributed by atoms with E-state index in [-0.39, 0.29) is 16.8 Å². The molecule has 1 fully saturated rings. The Bertz CT molecular complexity index is 770. The van der Waals surface area contributed by atoms with E-state index >= 15 is 0 Å². The van der Waals surface area contributed by atoms with Crippen LogP contribution in [0, 0.1) is 5.92 Å². The number of nitrogens with zero attached hydrogens (tertiary/aromatic N) is 2. The SMILES string of the molecule is CC1CCN(C(C)CNS(=O)(=O)c2ccc3c(c2)CCC(=O)N3C)CC1. The highest BCUT2D eigenvalue weighted by Crippen LogP contribution is 2.29. The summed E-state index contributed by atoms with van der Waals surface area (Å²) in [4.78, 5) is 16.0. The first-order valence-corrected chi connectivity index (χ1v) is 10.9. The minimum Gasteiger partial charge on any atom is -0.315 e. The molecule has 0 aromatic heterocycles. The van der Waals surface area contributed by atoms with Crippen LogP contribution in [0.15, 0.2) is 23.1 Å². The second-order valence-electron chi connectivity index (χ2n) is 7.66. The highest BCUT2D eigenvalue weighted by Gasteiger charge is 2.25. The Labute approximate surface area is 156 Å². The van der Waals surface area contributed by atoms with Crippen molar-refractivity contribution in [2.75, 3.05) is 31.6 Å². The van der Waals surface area contributed by atoms with Crippen LogP contribution < -0.4 is 9.62 Å². The molecule has 7 heteroatoms. The molecule has 0 spiro atoms. The fraction of sp³-hybridized carbons (Fsp3) is 0.632. The fourth-order valence-electron chi connectivity index (χ4n) is 3.71. The van der Waals surface area contributed by atoms with E-state index in [9.17, 15) is 13.2 Å². The smallest absolute Gasteiger partial charge is 0.240 e. The molecule has 1 N–H and O–H groups in total. The van der Waals surface area contributed by atoms with Gasteiger partial charge in [-0.25, -0.2) is 13.1 Å². The maximum atomic E-state index is 12.7. The van der Waals surface area contributed by atoms with Gasteiger partial charge in [0.1, 0.15) is 0 Å². The van der Waals surface area contributed by atoms with Crippen LogP contribution in [0.25, 0.3) is 0 Å². The Morgan fingerprint density at radius 2 is 1.92 bits per heavy atom. The third-order valence-electron chi connectivity index (χ3n) is 5.72. The Balaban J connectivity index is 1.66. The zero-order chi connectivity index (χ0) is 18.9. The molecular formula is C19H29N3O3S. The molecule has 0 saturated carbocycles. The number of anilines is 1. The van der Waals surface area contributed by atoms with Crippen LogP contribution in [0.2, 0.25) is 0 Å². The summed E-state index contributed by atoms with van der Waals surface area (Å²) in [5.74, 6) is 0.826. The van der Waals surface area contributed by atoms with E-state index in [2.05, 4.69) is 23.5 Å². The van der Waals surface area contributed by atoms with Crippen molar-refractivity contribution >= 4 is 21.6 Å². The van der Waals surface area contributed by atoms with Gasteiger partial charge in [0, 0.05) is 31.7 Å². The Hall–Kier alpha value is -1.44. The minimum absolute atomic E-state index is 0.0657. The summed E-state index contributed by atoms with van der Waals surface area (Å²) in [5.41, 5.74) is 1.71. The number of hydrogen-bond acceptors (Lipinski definition) is 4. The zero-order valence-corrected chi connectivity index (χ0v) is 16.7. The van der Waals surface area contributed by atoms with Crippen molar-refractivity contribution in [3.63, 3.8) is 0 Å². The number of hydrogen-bond donors (Lipinski definition) is 1. The molecule has 1 aromatic rings. The van der Waals surface area contributed by atoms with E-state index in [1.54, 1.807) is 30.1 Å². The molecule has 6 nitrogen and oxygen atoms in total. The highest BCUT2D eigenvalue weighted by molar-refractivity contribution is 7.89. The quantitative estimate of drug-likeness (QED) is 0.849. The number of piperidine rings is 1. The number of nitrogens with one attached hydrogen (secondary N) is 1. The van der Waals surface area contributed by atoms with Crippen molar-refractivity contribution in [1.82, 2.24) is 9.62 Å². The van der Waals surface area contributed by atoms with Gasteiger partial charge in [0.05, 0.1) is 4.90 Å². The number of fused-ring (bicyclic) bond motifs is 1. The molecule has 26 heavy (non-hydrogen) atoms. The van der Waals surface area contributed by atoms with Gasteiger partial charge in [-0.1, -0.05) is 6.92 Å².